The van der Waals surface area contributed by atoms with Gasteiger partial charge in [0.25, 0.3) is 5.91 Å². The average Bonchev–Trinajstić information content (AvgIpc) is 3.04. The quantitative estimate of drug-likeness (QED) is 0.617. The lowest BCUT2D eigenvalue weighted by Gasteiger charge is -2.29. The van der Waals surface area contributed by atoms with E-state index in [4.69, 9.17) is 4.74 Å². The Kier molecular flexibility index (Phi) is 6.78. The Morgan fingerprint density at radius 3 is 2.50 bits per heavy atom. The normalized spacial score (nSPS) is 18.0. The van der Waals surface area contributed by atoms with Gasteiger partial charge >= 0.3 is 0 Å². The molecule has 5 nitrogen and oxygen atoms in total. The minimum Gasteiger partial charge on any atom is -0.494 e. The zero-order valence-electron chi connectivity index (χ0n) is 15.8. The van der Waals surface area contributed by atoms with Crippen molar-refractivity contribution >= 4 is 31.7 Å². The summed E-state index contributed by atoms with van der Waals surface area (Å²) in [6.07, 6.45) is 1.41. The van der Waals surface area contributed by atoms with E-state index in [2.05, 4.69) is 22.9 Å². The Morgan fingerprint density at radius 1 is 1.18 bits per heavy atom. The first-order chi connectivity index (χ1) is 13.4. The second-order valence-electron chi connectivity index (χ2n) is 6.96. The molecule has 2 aromatic carbocycles. The van der Waals surface area contributed by atoms with Gasteiger partial charge in [-0.15, -0.1) is 0 Å². The molecule has 0 unspecified atom stereocenters. The molecule has 1 amide bonds. The van der Waals surface area contributed by atoms with E-state index in [1.165, 1.54) is 0 Å². The van der Waals surface area contributed by atoms with Gasteiger partial charge in [-0.1, -0.05) is 31.2 Å². The molecule has 1 aliphatic heterocycles. The van der Waals surface area contributed by atoms with Crippen LogP contribution in [0.3, 0.4) is 0 Å². The standard InChI is InChI=1S/C21H24BrNO4S/c1-2-12-27-18-9-7-16(8-10-18)14-23(17-11-13-28(25,26)15-17)21(24)19-5-3-4-6-20(19)22/h3-10,17H,2,11-15H2,1H3/t17-/m0/s1. The van der Waals surface area contributed by atoms with Crippen LogP contribution in [0.1, 0.15) is 35.7 Å². The number of amides is 1. The van der Waals surface area contributed by atoms with Gasteiger partial charge in [-0.3, -0.25) is 4.79 Å². The van der Waals surface area contributed by atoms with Crippen LogP contribution in [-0.2, 0) is 16.4 Å². The summed E-state index contributed by atoms with van der Waals surface area (Å²) in [7, 11) is -3.10. The number of carbonyl (C=O) groups excluding carboxylic acids is 1. The molecule has 1 heterocycles. The minimum atomic E-state index is -3.10. The van der Waals surface area contributed by atoms with Crippen LogP contribution in [0, 0.1) is 0 Å². The van der Waals surface area contributed by atoms with Gasteiger partial charge in [0.2, 0.25) is 0 Å². The molecule has 0 spiro atoms. The molecule has 3 rings (SSSR count). The maximum absolute atomic E-state index is 13.3. The molecule has 150 valence electrons. The number of rotatable bonds is 7. The summed E-state index contributed by atoms with van der Waals surface area (Å²) in [5.41, 5.74) is 1.48. The third-order valence-corrected chi connectivity index (χ3v) is 7.21. The highest BCUT2D eigenvalue weighted by Gasteiger charge is 2.35. The van der Waals surface area contributed by atoms with Gasteiger partial charge in [-0.25, -0.2) is 8.42 Å². The molecule has 0 aromatic heterocycles. The second-order valence-corrected chi connectivity index (χ2v) is 10.0. The fourth-order valence-electron chi connectivity index (χ4n) is 3.28. The van der Waals surface area contributed by atoms with E-state index in [-0.39, 0.29) is 23.5 Å². The molecule has 1 saturated heterocycles. The highest BCUT2D eigenvalue weighted by molar-refractivity contribution is 9.10. The third kappa shape index (κ3) is 5.14. The maximum Gasteiger partial charge on any atom is 0.255 e. The monoisotopic (exact) mass is 465 g/mol. The Morgan fingerprint density at radius 2 is 1.89 bits per heavy atom. The van der Waals surface area contributed by atoms with Gasteiger partial charge in [0.15, 0.2) is 9.84 Å². The smallest absolute Gasteiger partial charge is 0.255 e. The lowest BCUT2D eigenvalue weighted by molar-refractivity contribution is 0.0680. The van der Waals surface area contributed by atoms with E-state index in [0.717, 1.165) is 17.7 Å². The number of ether oxygens (including phenoxy) is 1. The van der Waals surface area contributed by atoms with Crippen LogP contribution in [-0.4, -0.2) is 43.4 Å². The average molecular weight is 466 g/mol. The Labute approximate surface area is 174 Å². The molecular formula is C21H24BrNO4S. The number of nitrogens with zero attached hydrogens (tertiary/aromatic N) is 1. The van der Waals surface area contributed by atoms with Gasteiger partial charge < -0.3 is 9.64 Å². The summed E-state index contributed by atoms with van der Waals surface area (Å²) in [4.78, 5) is 14.9. The van der Waals surface area contributed by atoms with Gasteiger partial charge in [0, 0.05) is 17.1 Å². The van der Waals surface area contributed by atoms with Gasteiger partial charge in [-0.05, 0) is 58.6 Å². The fraction of sp³-hybridized carbons (Fsp3) is 0.381. The number of benzene rings is 2. The predicted molar refractivity (Wildman–Crippen MR) is 113 cm³/mol. The number of carbonyl (C=O) groups is 1. The molecule has 7 heteroatoms. The Bertz CT molecular complexity index is 928. The lowest BCUT2D eigenvalue weighted by Crippen LogP contribution is -2.40. The van der Waals surface area contributed by atoms with Crippen molar-refractivity contribution in [3.05, 3.63) is 64.1 Å². The topological polar surface area (TPSA) is 63.7 Å². The largest absolute Gasteiger partial charge is 0.494 e. The van der Waals surface area contributed by atoms with Crippen LogP contribution in [0.2, 0.25) is 0 Å². The molecular weight excluding hydrogens is 442 g/mol. The minimum absolute atomic E-state index is 0.0148. The van der Waals surface area contributed by atoms with Crippen molar-refractivity contribution in [1.82, 2.24) is 4.90 Å². The van der Waals surface area contributed by atoms with Crippen LogP contribution in [0.5, 0.6) is 5.75 Å². The van der Waals surface area contributed by atoms with E-state index < -0.39 is 9.84 Å². The van der Waals surface area contributed by atoms with Crippen LogP contribution in [0.15, 0.2) is 53.0 Å². The molecule has 1 atom stereocenters. The number of hydrogen-bond donors (Lipinski definition) is 0. The summed E-state index contributed by atoms with van der Waals surface area (Å²) in [5, 5.41) is 0. The Balaban J connectivity index is 1.84. The summed E-state index contributed by atoms with van der Waals surface area (Å²) in [6, 6.07) is 14.5. The van der Waals surface area contributed by atoms with Crippen molar-refractivity contribution in [3.63, 3.8) is 0 Å². The molecule has 0 N–H and O–H groups in total. The Hall–Kier alpha value is -1.86. The number of hydrogen-bond acceptors (Lipinski definition) is 4. The molecule has 0 saturated carbocycles. The number of halogens is 1. The zero-order chi connectivity index (χ0) is 20.1. The summed E-state index contributed by atoms with van der Waals surface area (Å²) in [6.45, 7) is 3.07. The molecule has 28 heavy (non-hydrogen) atoms. The van der Waals surface area contributed by atoms with E-state index >= 15 is 0 Å². The van der Waals surface area contributed by atoms with Crippen molar-refractivity contribution in [2.75, 3.05) is 18.1 Å². The van der Waals surface area contributed by atoms with Crippen LogP contribution < -0.4 is 4.74 Å². The highest BCUT2D eigenvalue weighted by atomic mass is 79.9. The van der Waals surface area contributed by atoms with E-state index in [0.29, 0.717) is 29.6 Å². The lowest BCUT2D eigenvalue weighted by atomic mass is 10.1. The van der Waals surface area contributed by atoms with Gasteiger partial charge in [-0.2, -0.15) is 0 Å². The van der Waals surface area contributed by atoms with Crippen LogP contribution in [0.4, 0.5) is 0 Å². The summed E-state index contributed by atoms with van der Waals surface area (Å²) in [5.74, 6) is 0.765. The summed E-state index contributed by atoms with van der Waals surface area (Å²) < 4.78 is 30.3. The van der Waals surface area contributed by atoms with Crippen LogP contribution >= 0.6 is 15.9 Å². The second kappa shape index (κ2) is 9.09. The first-order valence-corrected chi connectivity index (χ1v) is 12.0. The molecule has 0 radical (unpaired) electrons. The number of sulfone groups is 1. The first kappa shape index (κ1) is 20.9. The first-order valence-electron chi connectivity index (χ1n) is 9.37. The highest BCUT2D eigenvalue weighted by Crippen LogP contribution is 2.26. The van der Waals surface area contributed by atoms with Crippen LogP contribution in [0.25, 0.3) is 0 Å². The SMILES string of the molecule is CCCOc1ccc(CN(C(=O)c2ccccc2Br)[C@H]2CCS(=O)(=O)C2)cc1. The molecule has 0 aliphatic carbocycles. The van der Waals surface area contributed by atoms with Gasteiger partial charge in [0.05, 0.1) is 23.7 Å². The third-order valence-electron chi connectivity index (χ3n) is 4.76. The maximum atomic E-state index is 13.3. The summed E-state index contributed by atoms with van der Waals surface area (Å²) >= 11 is 3.43. The van der Waals surface area contributed by atoms with Gasteiger partial charge in [0.1, 0.15) is 5.75 Å². The van der Waals surface area contributed by atoms with E-state index in [1.54, 1.807) is 17.0 Å². The molecule has 2 aromatic rings. The predicted octanol–water partition coefficient (Wildman–Crippen LogP) is 4.07. The van der Waals surface area contributed by atoms with Crippen molar-refractivity contribution in [2.45, 2.75) is 32.4 Å². The van der Waals surface area contributed by atoms with Crippen molar-refractivity contribution in [1.29, 1.82) is 0 Å². The van der Waals surface area contributed by atoms with E-state index in [9.17, 15) is 13.2 Å². The van der Waals surface area contributed by atoms with E-state index in [1.807, 2.05) is 36.4 Å². The fourth-order valence-corrected chi connectivity index (χ4v) is 5.47. The molecule has 1 fully saturated rings. The van der Waals surface area contributed by atoms with Crippen molar-refractivity contribution < 1.29 is 17.9 Å². The molecule has 0 bridgehead atoms. The zero-order valence-corrected chi connectivity index (χ0v) is 18.2. The molecule has 1 aliphatic rings. The van der Waals surface area contributed by atoms with Crippen molar-refractivity contribution in [3.8, 4) is 5.75 Å². The van der Waals surface area contributed by atoms with Crippen molar-refractivity contribution in [2.24, 2.45) is 0 Å².